The van der Waals surface area contributed by atoms with Gasteiger partial charge in [0, 0.05) is 26.2 Å². The van der Waals surface area contributed by atoms with E-state index in [0.717, 1.165) is 12.1 Å². The van der Waals surface area contributed by atoms with E-state index in [4.69, 9.17) is 0 Å². The minimum atomic E-state index is -1.22. The molecule has 0 aliphatic carbocycles. The number of amides is 2. The predicted octanol–water partition coefficient (Wildman–Crippen LogP) is 2.84. The van der Waals surface area contributed by atoms with Crippen LogP contribution in [0.5, 0.6) is 0 Å². The Morgan fingerprint density at radius 3 is 1.35 bits per heavy atom. The summed E-state index contributed by atoms with van der Waals surface area (Å²) in [6, 6.07) is 6.66. The van der Waals surface area contributed by atoms with Crippen molar-refractivity contribution < 1.29 is 27.2 Å². The summed E-state index contributed by atoms with van der Waals surface area (Å²) < 4.78 is 54.0. The second-order valence-electron chi connectivity index (χ2n) is 5.79. The number of rotatable bonds is 2. The molecule has 0 radical (unpaired) electrons. The van der Waals surface area contributed by atoms with E-state index in [-0.39, 0.29) is 37.3 Å². The Morgan fingerprint density at radius 1 is 0.654 bits per heavy atom. The van der Waals surface area contributed by atoms with Crippen LogP contribution in [0.1, 0.15) is 20.7 Å². The van der Waals surface area contributed by atoms with Gasteiger partial charge in [0.2, 0.25) is 0 Å². The van der Waals surface area contributed by atoms with Gasteiger partial charge in [0.05, 0.1) is 11.1 Å². The van der Waals surface area contributed by atoms with Crippen LogP contribution in [0.15, 0.2) is 36.4 Å². The van der Waals surface area contributed by atoms with Crippen LogP contribution in [0.4, 0.5) is 17.6 Å². The zero-order chi connectivity index (χ0) is 18.8. The number of hydrogen-bond donors (Lipinski definition) is 0. The molecule has 0 spiro atoms. The molecule has 3 rings (SSSR count). The van der Waals surface area contributed by atoms with Crippen LogP contribution in [-0.4, -0.2) is 47.8 Å². The Balaban J connectivity index is 1.69. The maximum absolute atomic E-state index is 13.8. The highest BCUT2D eigenvalue weighted by molar-refractivity contribution is 5.96. The van der Waals surface area contributed by atoms with Gasteiger partial charge in [0.25, 0.3) is 11.8 Å². The molecular formula is C18H14F4N2O2. The molecule has 0 aromatic heterocycles. The number of nitrogens with zero attached hydrogens (tertiary/aromatic N) is 2. The monoisotopic (exact) mass is 366 g/mol. The highest BCUT2D eigenvalue weighted by Crippen LogP contribution is 2.18. The predicted molar refractivity (Wildman–Crippen MR) is 84.5 cm³/mol. The van der Waals surface area contributed by atoms with Crippen molar-refractivity contribution in [3.05, 3.63) is 70.8 Å². The SMILES string of the molecule is O=C(c1cccc(F)c1F)N1CCN(C(=O)c2cccc(F)c2F)CC1. The standard InChI is InChI=1S/C18H14F4N2O2/c19-13-5-1-3-11(15(13)21)17(25)23-7-9-24(10-8-23)18(26)12-4-2-6-14(20)16(12)22/h1-6H,7-10H2. The molecule has 2 aromatic carbocycles. The summed E-state index contributed by atoms with van der Waals surface area (Å²) >= 11 is 0. The Kier molecular flexibility index (Phi) is 4.92. The number of halogens is 4. The third-order valence-corrected chi connectivity index (χ3v) is 4.22. The number of piperazine rings is 1. The van der Waals surface area contributed by atoms with Crippen LogP contribution in [-0.2, 0) is 0 Å². The molecule has 0 unspecified atom stereocenters. The van der Waals surface area contributed by atoms with E-state index >= 15 is 0 Å². The molecule has 136 valence electrons. The summed E-state index contributed by atoms with van der Waals surface area (Å²) in [6.45, 7) is 0.268. The lowest BCUT2D eigenvalue weighted by atomic mass is 10.1. The van der Waals surface area contributed by atoms with Crippen molar-refractivity contribution in [3.63, 3.8) is 0 Å². The zero-order valence-corrected chi connectivity index (χ0v) is 13.5. The van der Waals surface area contributed by atoms with E-state index in [1.165, 1.54) is 34.1 Å². The second-order valence-corrected chi connectivity index (χ2v) is 5.79. The summed E-state index contributed by atoms with van der Waals surface area (Å²) in [6.07, 6.45) is 0. The maximum Gasteiger partial charge on any atom is 0.257 e. The van der Waals surface area contributed by atoms with Crippen LogP contribution in [0.2, 0.25) is 0 Å². The van der Waals surface area contributed by atoms with Gasteiger partial charge in [-0.2, -0.15) is 0 Å². The van der Waals surface area contributed by atoms with Crippen molar-refractivity contribution in [2.75, 3.05) is 26.2 Å². The van der Waals surface area contributed by atoms with Gasteiger partial charge in [-0.25, -0.2) is 17.6 Å². The van der Waals surface area contributed by atoms with E-state index in [0.29, 0.717) is 0 Å². The molecule has 1 aliphatic rings. The Bertz CT molecular complexity index is 793. The van der Waals surface area contributed by atoms with Crippen molar-refractivity contribution in [1.29, 1.82) is 0 Å². The Labute approximate surface area is 146 Å². The fraction of sp³-hybridized carbons (Fsp3) is 0.222. The molecule has 1 aliphatic heterocycles. The van der Waals surface area contributed by atoms with Crippen molar-refractivity contribution in [3.8, 4) is 0 Å². The first-order chi connectivity index (χ1) is 12.4. The fourth-order valence-corrected chi connectivity index (χ4v) is 2.79. The van der Waals surface area contributed by atoms with Crippen LogP contribution in [0, 0.1) is 23.3 Å². The van der Waals surface area contributed by atoms with Gasteiger partial charge in [-0.1, -0.05) is 12.1 Å². The molecule has 0 N–H and O–H groups in total. The summed E-state index contributed by atoms with van der Waals surface area (Å²) in [4.78, 5) is 27.2. The molecule has 2 amide bonds. The van der Waals surface area contributed by atoms with E-state index in [1.54, 1.807) is 0 Å². The van der Waals surface area contributed by atoms with Gasteiger partial charge in [-0.15, -0.1) is 0 Å². The third-order valence-electron chi connectivity index (χ3n) is 4.22. The Morgan fingerprint density at radius 2 is 1.00 bits per heavy atom. The Hall–Kier alpha value is -2.90. The van der Waals surface area contributed by atoms with Crippen LogP contribution < -0.4 is 0 Å². The second kappa shape index (κ2) is 7.15. The van der Waals surface area contributed by atoms with Crippen LogP contribution >= 0.6 is 0 Å². The largest absolute Gasteiger partial charge is 0.335 e. The first-order valence-electron chi connectivity index (χ1n) is 7.86. The molecule has 2 aromatic rings. The van der Waals surface area contributed by atoms with Crippen LogP contribution in [0.3, 0.4) is 0 Å². The molecule has 26 heavy (non-hydrogen) atoms. The van der Waals surface area contributed by atoms with Crippen LogP contribution in [0.25, 0.3) is 0 Å². The van der Waals surface area contributed by atoms with E-state index in [9.17, 15) is 27.2 Å². The summed E-state index contributed by atoms with van der Waals surface area (Å²) in [5.74, 6) is -6.06. The highest BCUT2D eigenvalue weighted by atomic mass is 19.2. The van der Waals surface area contributed by atoms with Gasteiger partial charge in [-0.3, -0.25) is 9.59 Å². The van der Waals surface area contributed by atoms with Crippen molar-refractivity contribution in [2.45, 2.75) is 0 Å². The molecule has 4 nitrogen and oxygen atoms in total. The number of carbonyl (C=O) groups is 2. The van der Waals surface area contributed by atoms with Crippen molar-refractivity contribution >= 4 is 11.8 Å². The van der Waals surface area contributed by atoms with E-state index in [2.05, 4.69) is 0 Å². The molecule has 8 heteroatoms. The van der Waals surface area contributed by atoms with Crippen molar-refractivity contribution in [2.24, 2.45) is 0 Å². The van der Waals surface area contributed by atoms with Gasteiger partial charge in [-0.05, 0) is 24.3 Å². The quantitative estimate of drug-likeness (QED) is 0.767. The lowest BCUT2D eigenvalue weighted by molar-refractivity contribution is 0.0529. The molecule has 0 saturated carbocycles. The number of carbonyl (C=O) groups excluding carboxylic acids is 2. The zero-order valence-electron chi connectivity index (χ0n) is 13.5. The lowest BCUT2D eigenvalue weighted by Crippen LogP contribution is -2.50. The normalized spacial score (nSPS) is 14.5. The molecule has 0 bridgehead atoms. The van der Waals surface area contributed by atoms with Gasteiger partial charge in [0.15, 0.2) is 23.3 Å². The molecular weight excluding hydrogens is 352 g/mol. The average Bonchev–Trinajstić information content (AvgIpc) is 2.65. The molecule has 1 saturated heterocycles. The van der Waals surface area contributed by atoms with Gasteiger partial charge in [0.1, 0.15) is 0 Å². The van der Waals surface area contributed by atoms with Gasteiger partial charge < -0.3 is 9.80 Å². The minimum absolute atomic E-state index is 0.0669. The summed E-state index contributed by atoms with van der Waals surface area (Å²) in [5.41, 5.74) is -0.776. The maximum atomic E-state index is 13.8. The summed E-state index contributed by atoms with van der Waals surface area (Å²) in [5, 5.41) is 0. The van der Waals surface area contributed by atoms with Crippen molar-refractivity contribution in [1.82, 2.24) is 9.80 Å². The van der Waals surface area contributed by atoms with Gasteiger partial charge >= 0.3 is 0 Å². The third kappa shape index (κ3) is 3.26. The minimum Gasteiger partial charge on any atom is -0.335 e. The smallest absolute Gasteiger partial charge is 0.257 e. The molecule has 0 atom stereocenters. The topological polar surface area (TPSA) is 40.6 Å². The van der Waals surface area contributed by atoms with E-state index < -0.39 is 35.1 Å². The molecule has 1 heterocycles. The number of hydrogen-bond acceptors (Lipinski definition) is 2. The fourth-order valence-electron chi connectivity index (χ4n) is 2.79. The summed E-state index contributed by atoms with van der Waals surface area (Å²) in [7, 11) is 0. The first-order valence-corrected chi connectivity index (χ1v) is 7.86. The van der Waals surface area contributed by atoms with E-state index in [1.807, 2.05) is 0 Å². The lowest BCUT2D eigenvalue weighted by Gasteiger charge is -2.35. The highest BCUT2D eigenvalue weighted by Gasteiger charge is 2.28. The molecule has 1 fully saturated rings. The first kappa shape index (κ1) is 17.9. The number of benzene rings is 2. The average molecular weight is 366 g/mol.